The van der Waals surface area contributed by atoms with E-state index in [9.17, 15) is 4.79 Å². The van der Waals surface area contributed by atoms with Crippen molar-refractivity contribution in [2.75, 3.05) is 31.2 Å². The molecule has 10 heteroatoms. The Kier molecular flexibility index (Phi) is 5.01. The van der Waals surface area contributed by atoms with E-state index < -0.39 is 5.91 Å². The van der Waals surface area contributed by atoms with Crippen molar-refractivity contribution >= 4 is 34.7 Å². The minimum Gasteiger partial charge on any atom is -0.487 e. The molecule has 1 atom stereocenters. The Labute approximate surface area is 166 Å². The quantitative estimate of drug-likeness (QED) is 0.688. The van der Waals surface area contributed by atoms with Crippen molar-refractivity contribution in [1.82, 2.24) is 24.5 Å². The summed E-state index contributed by atoms with van der Waals surface area (Å²) >= 11 is 5.92. The molecule has 0 spiro atoms. The van der Waals surface area contributed by atoms with Gasteiger partial charge in [-0.1, -0.05) is 11.6 Å². The predicted molar refractivity (Wildman–Crippen MR) is 106 cm³/mol. The second-order valence-electron chi connectivity index (χ2n) is 6.77. The standard InChI is InChI=1S/C18H20ClN7O2/c1-25-6-2-3-12(10-25)28-14-4-5-21-8-13(14)23-18(27)15-16(20)24-26-9-11(19)7-22-17(15)26/h4-5,7-9,12H,2-3,6,10H2,1H3,(H2,20,24)(H,23,27). The minimum atomic E-state index is -0.444. The van der Waals surface area contributed by atoms with Crippen LogP contribution in [0, 0.1) is 0 Å². The van der Waals surface area contributed by atoms with Gasteiger partial charge in [-0.25, -0.2) is 9.50 Å². The van der Waals surface area contributed by atoms with Gasteiger partial charge in [0.15, 0.2) is 11.5 Å². The maximum absolute atomic E-state index is 12.9. The molecule has 1 aliphatic heterocycles. The summed E-state index contributed by atoms with van der Waals surface area (Å²) in [6.07, 6.45) is 8.24. The van der Waals surface area contributed by atoms with Crippen LogP contribution in [0.2, 0.25) is 5.02 Å². The minimum absolute atomic E-state index is 0.0580. The van der Waals surface area contributed by atoms with Gasteiger partial charge in [-0.2, -0.15) is 0 Å². The van der Waals surface area contributed by atoms with E-state index in [1.54, 1.807) is 18.5 Å². The van der Waals surface area contributed by atoms with Crippen molar-refractivity contribution < 1.29 is 9.53 Å². The van der Waals surface area contributed by atoms with E-state index in [1.807, 2.05) is 0 Å². The van der Waals surface area contributed by atoms with E-state index in [-0.39, 0.29) is 17.5 Å². The number of nitrogen functional groups attached to an aromatic ring is 1. The second-order valence-corrected chi connectivity index (χ2v) is 7.21. The van der Waals surface area contributed by atoms with Crippen LogP contribution in [0.3, 0.4) is 0 Å². The number of nitrogens with zero attached hydrogens (tertiary/aromatic N) is 5. The normalized spacial score (nSPS) is 17.6. The van der Waals surface area contributed by atoms with E-state index in [4.69, 9.17) is 22.1 Å². The zero-order valence-electron chi connectivity index (χ0n) is 15.3. The summed E-state index contributed by atoms with van der Waals surface area (Å²) in [6.45, 7) is 1.90. The number of rotatable bonds is 4. The monoisotopic (exact) mass is 401 g/mol. The lowest BCUT2D eigenvalue weighted by molar-refractivity contribution is 0.101. The number of pyridine rings is 1. The maximum Gasteiger partial charge on any atom is 0.263 e. The number of halogens is 1. The number of anilines is 2. The third-order valence-corrected chi connectivity index (χ3v) is 4.79. The van der Waals surface area contributed by atoms with Crippen molar-refractivity contribution in [2.24, 2.45) is 0 Å². The van der Waals surface area contributed by atoms with Gasteiger partial charge in [-0.3, -0.25) is 9.78 Å². The molecule has 1 saturated heterocycles. The molecule has 28 heavy (non-hydrogen) atoms. The molecule has 0 aromatic carbocycles. The van der Waals surface area contributed by atoms with Gasteiger partial charge in [-0.15, -0.1) is 5.10 Å². The van der Waals surface area contributed by atoms with Crippen molar-refractivity contribution in [3.8, 4) is 5.75 Å². The summed E-state index contributed by atoms with van der Waals surface area (Å²) < 4.78 is 7.51. The fraction of sp³-hybridized carbons (Fsp3) is 0.333. The van der Waals surface area contributed by atoms with Crippen LogP contribution in [0.25, 0.3) is 5.65 Å². The number of nitrogens with two attached hydrogens (primary N) is 1. The van der Waals surface area contributed by atoms with Crippen LogP contribution >= 0.6 is 11.6 Å². The molecule has 1 fully saturated rings. The van der Waals surface area contributed by atoms with E-state index in [0.29, 0.717) is 22.1 Å². The lowest BCUT2D eigenvalue weighted by Gasteiger charge is -2.30. The van der Waals surface area contributed by atoms with Crippen molar-refractivity contribution in [3.63, 3.8) is 0 Å². The summed E-state index contributed by atoms with van der Waals surface area (Å²) in [7, 11) is 2.07. The van der Waals surface area contributed by atoms with E-state index in [0.717, 1.165) is 25.9 Å². The van der Waals surface area contributed by atoms with Crippen LogP contribution in [0.4, 0.5) is 11.5 Å². The molecule has 4 rings (SSSR count). The first kappa shape index (κ1) is 18.5. The number of fused-ring (bicyclic) bond motifs is 1. The first-order valence-corrected chi connectivity index (χ1v) is 9.29. The number of hydrogen-bond donors (Lipinski definition) is 2. The van der Waals surface area contributed by atoms with E-state index >= 15 is 0 Å². The van der Waals surface area contributed by atoms with Crippen LogP contribution in [-0.4, -0.2) is 56.6 Å². The molecular weight excluding hydrogens is 382 g/mol. The van der Waals surface area contributed by atoms with Gasteiger partial charge in [0.2, 0.25) is 0 Å². The first-order chi connectivity index (χ1) is 13.5. The highest BCUT2D eigenvalue weighted by molar-refractivity contribution is 6.30. The smallest absolute Gasteiger partial charge is 0.263 e. The van der Waals surface area contributed by atoms with Crippen LogP contribution < -0.4 is 15.8 Å². The molecule has 0 radical (unpaired) electrons. The van der Waals surface area contributed by atoms with Crippen LogP contribution in [0.15, 0.2) is 30.9 Å². The zero-order valence-corrected chi connectivity index (χ0v) is 16.1. The van der Waals surface area contributed by atoms with E-state index in [2.05, 4.69) is 32.3 Å². The Morgan fingerprint density at radius 1 is 1.43 bits per heavy atom. The third kappa shape index (κ3) is 3.71. The molecule has 146 valence electrons. The largest absolute Gasteiger partial charge is 0.487 e. The Bertz CT molecular complexity index is 1020. The van der Waals surface area contributed by atoms with Gasteiger partial charge in [0.1, 0.15) is 23.1 Å². The maximum atomic E-state index is 12.9. The molecule has 3 aromatic heterocycles. The van der Waals surface area contributed by atoms with Crippen molar-refractivity contribution in [1.29, 1.82) is 0 Å². The average Bonchev–Trinajstić information content (AvgIpc) is 2.98. The molecule has 1 amide bonds. The second kappa shape index (κ2) is 7.61. The van der Waals surface area contributed by atoms with Crippen molar-refractivity contribution in [3.05, 3.63) is 41.4 Å². The number of carbonyl (C=O) groups is 1. The Morgan fingerprint density at radius 3 is 3.11 bits per heavy atom. The molecule has 4 heterocycles. The van der Waals surface area contributed by atoms with E-state index in [1.165, 1.54) is 16.9 Å². The van der Waals surface area contributed by atoms with Gasteiger partial charge in [0, 0.05) is 25.0 Å². The summed E-state index contributed by atoms with van der Waals surface area (Å²) in [5.74, 6) is 0.183. The molecular formula is C18H20ClN7O2. The summed E-state index contributed by atoms with van der Waals surface area (Å²) in [4.78, 5) is 23.4. The Balaban J connectivity index is 1.58. The van der Waals surface area contributed by atoms with Gasteiger partial charge < -0.3 is 20.7 Å². The molecule has 9 nitrogen and oxygen atoms in total. The molecule has 1 unspecified atom stereocenters. The highest BCUT2D eigenvalue weighted by atomic mass is 35.5. The number of piperidine rings is 1. The molecule has 1 aliphatic rings. The third-order valence-electron chi connectivity index (χ3n) is 4.60. The van der Waals surface area contributed by atoms with Gasteiger partial charge in [0.05, 0.1) is 17.4 Å². The number of ether oxygens (including phenoxy) is 1. The van der Waals surface area contributed by atoms with Crippen LogP contribution in [0.5, 0.6) is 5.75 Å². The van der Waals surface area contributed by atoms with Gasteiger partial charge in [-0.05, 0) is 26.4 Å². The fourth-order valence-corrected chi connectivity index (χ4v) is 3.45. The highest BCUT2D eigenvalue weighted by Crippen LogP contribution is 2.27. The number of likely N-dealkylation sites (N-methyl/N-ethyl adjacent to an activating group) is 1. The van der Waals surface area contributed by atoms with Crippen LogP contribution in [0.1, 0.15) is 23.2 Å². The molecule has 0 bridgehead atoms. The highest BCUT2D eigenvalue weighted by Gasteiger charge is 2.23. The lowest BCUT2D eigenvalue weighted by atomic mass is 10.1. The zero-order chi connectivity index (χ0) is 19.7. The number of amides is 1. The summed E-state index contributed by atoms with van der Waals surface area (Å²) in [5, 5.41) is 7.30. The van der Waals surface area contributed by atoms with Gasteiger partial charge in [0.25, 0.3) is 5.91 Å². The number of hydrogen-bond acceptors (Lipinski definition) is 7. The number of likely N-dealkylation sites (tertiary alicyclic amines) is 1. The molecule has 0 saturated carbocycles. The predicted octanol–water partition coefficient (Wildman–Crippen LogP) is 2.09. The lowest BCUT2D eigenvalue weighted by Crippen LogP contribution is -2.38. The SMILES string of the molecule is CN1CCCC(Oc2ccncc2NC(=O)c2c(N)nn3cc(Cl)cnc23)C1. The molecule has 3 aromatic rings. The fourth-order valence-electron chi connectivity index (χ4n) is 3.31. The van der Waals surface area contributed by atoms with Crippen LogP contribution in [-0.2, 0) is 0 Å². The van der Waals surface area contributed by atoms with Gasteiger partial charge >= 0.3 is 0 Å². The topological polar surface area (TPSA) is 111 Å². The Morgan fingerprint density at radius 2 is 2.29 bits per heavy atom. The average molecular weight is 402 g/mol. The number of aromatic nitrogens is 4. The molecule has 0 aliphatic carbocycles. The number of nitrogens with one attached hydrogen (secondary N) is 1. The summed E-state index contributed by atoms with van der Waals surface area (Å²) in [5.41, 5.74) is 6.89. The first-order valence-electron chi connectivity index (χ1n) is 8.91. The van der Waals surface area contributed by atoms with Crippen molar-refractivity contribution in [2.45, 2.75) is 18.9 Å². The summed E-state index contributed by atoms with van der Waals surface area (Å²) in [6, 6.07) is 1.74. The molecule has 3 N–H and O–H groups in total. The Hall–Kier alpha value is -2.91. The number of carbonyl (C=O) groups excluding carboxylic acids is 1.